The molecule has 2 aromatic rings. The van der Waals surface area contributed by atoms with Crippen molar-refractivity contribution in [3.63, 3.8) is 0 Å². The number of nitrogens with zero attached hydrogens (tertiary/aromatic N) is 1. The maximum absolute atomic E-state index is 13.2. The van der Waals surface area contributed by atoms with Gasteiger partial charge in [0.15, 0.2) is 0 Å². The Labute approximate surface area is 205 Å². The summed E-state index contributed by atoms with van der Waals surface area (Å²) in [7, 11) is 0. The molecule has 2 aliphatic carbocycles. The van der Waals surface area contributed by atoms with Gasteiger partial charge in [-0.15, -0.1) is 0 Å². The molecule has 1 saturated heterocycles. The highest BCUT2D eigenvalue weighted by atomic mass is 16.5. The van der Waals surface area contributed by atoms with E-state index in [1.165, 1.54) is 11.1 Å². The van der Waals surface area contributed by atoms with Crippen molar-refractivity contribution >= 4 is 18.0 Å². The SMILES string of the molecule is O=C(NCC(C(=O)N1CCC(C(=O)O)CC1)C1CCC1)OCC1c2ccccc2-c2ccccc21. The molecule has 184 valence electrons. The Kier molecular flexibility index (Phi) is 6.75. The largest absolute Gasteiger partial charge is 0.481 e. The molecule has 1 atom stereocenters. The third kappa shape index (κ3) is 4.77. The maximum Gasteiger partial charge on any atom is 0.407 e. The van der Waals surface area contributed by atoms with Gasteiger partial charge in [0.2, 0.25) is 5.91 Å². The lowest BCUT2D eigenvalue weighted by atomic mass is 9.75. The summed E-state index contributed by atoms with van der Waals surface area (Å²) >= 11 is 0. The second-order valence-corrected chi connectivity index (χ2v) is 9.94. The normalized spacial score (nSPS) is 18.8. The molecule has 1 saturated carbocycles. The van der Waals surface area contributed by atoms with E-state index >= 15 is 0 Å². The highest BCUT2D eigenvalue weighted by molar-refractivity contribution is 5.81. The van der Waals surface area contributed by atoms with E-state index in [-0.39, 0.29) is 42.7 Å². The lowest BCUT2D eigenvalue weighted by Gasteiger charge is -2.38. The summed E-state index contributed by atoms with van der Waals surface area (Å²) in [6.07, 6.45) is 3.52. The van der Waals surface area contributed by atoms with Gasteiger partial charge >= 0.3 is 12.1 Å². The third-order valence-corrected chi connectivity index (χ3v) is 8.00. The van der Waals surface area contributed by atoms with E-state index < -0.39 is 12.1 Å². The monoisotopic (exact) mass is 476 g/mol. The molecular formula is C28H32N2O5. The molecule has 0 bridgehead atoms. The quantitative estimate of drug-likeness (QED) is 0.622. The second-order valence-electron chi connectivity index (χ2n) is 9.94. The number of alkyl carbamates (subject to hydrolysis) is 1. The first kappa shape index (κ1) is 23.4. The number of carbonyl (C=O) groups excluding carboxylic acids is 2. The third-order valence-electron chi connectivity index (χ3n) is 8.00. The van der Waals surface area contributed by atoms with Crippen LogP contribution < -0.4 is 5.32 Å². The molecule has 35 heavy (non-hydrogen) atoms. The fourth-order valence-corrected chi connectivity index (χ4v) is 5.72. The molecule has 1 unspecified atom stereocenters. The van der Waals surface area contributed by atoms with E-state index in [2.05, 4.69) is 29.6 Å². The van der Waals surface area contributed by atoms with Crippen LogP contribution in [-0.4, -0.2) is 54.2 Å². The van der Waals surface area contributed by atoms with Gasteiger partial charge in [0, 0.05) is 25.6 Å². The Morgan fingerprint density at radius 1 is 0.943 bits per heavy atom. The summed E-state index contributed by atoms with van der Waals surface area (Å²) in [5.74, 6) is -1.17. The number of amides is 2. The number of carbonyl (C=O) groups is 3. The molecular weight excluding hydrogens is 444 g/mol. The van der Waals surface area contributed by atoms with Gasteiger partial charge in [-0.25, -0.2) is 4.79 Å². The highest BCUT2D eigenvalue weighted by Crippen LogP contribution is 2.44. The first-order valence-corrected chi connectivity index (χ1v) is 12.6. The van der Waals surface area contributed by atoms with Crippen LogP contribution in [0.2, 0.25) is 0 Å². The fourth-order valence-electron chi connectivity index (χ4n) is 5.72. The Bertz CT molecular complexity index is 1060. The molecule has 0 aromatic heterocycles. The molecule has 3 aliphatic rings. The van der Waals surface area contributed by atoms with Gasteiger partial charge in [-0.1, -0.05) is 55.0 Å². The lowest BCUT2D eigenvalue weighted by molar-refractivity contribution is -0.147. The number of hydrogen-bond acceptors (Lipinski definition) is 4. The minimum absolute atomic E-state index is 0.00672. The van der Waals surface area contributed by atoms with Crippen molar-refractivity contribution in [2.75, 3.05) is 26.2 Å². The standard InChI is InChI=1S/C28H32N2O5/c31-26(30-14-12-19(13-15-30)27(32)33)24(18-6-5-7-18)16-29-28(34)35-17-25-22-10-3-1-8-20(22)21-9-2-4-11-23(21)25/h1-4,8-11,18-19,24-25H,5-7,12-17H2,(H,29,34)(H,32,33). The number of nitrogens with one attached hydrogen (secondary N) is 1. The van der Waals surface area contributed by atoms with Gasteiger partial charge in [0.25, 0.3) is 0 Å². The van der Waals surface area contributed by atoms with E-state index in [1.807, 2.05) is 24.3 Å². The Hall–Kier alpha value is -3.35. The number of hydrogen-bond donors (Lipinski definition) is 2. The predicted molar refractivity (Wildman–Crippen MR) is 131 cm³/mol. The van der Waals surface area contributed by atoms with Crippen LogP contribution in [0, 0.1) is 17.8 Å². The summed E-state index contributed by atoms with van der Waals surface area (Å²) in [5, 5.41) is 12.1. The van der Waals surface area contributed by atoms with Crippen LogP contribution in [0.1, 0.15) is 49.1 Å². The van der Waals surface area contributed by atoms with Gasteiger partial charge in [-0.05, 0) is 53.9 Å². The van der Waals surface area contributed by atoms with Crippen LogP contribution in [0.25, 0.3) is 11.1 Å². The average molecular weight is 477 g/mol. The van der Waals surface area contributed by atoms with E-state index in [4.69, 9.17) is 4.74 Å². The molecule has 7 nitrogen and oxygen atoms in total. The van der Waals surface area contributed by atoms with Crippen LogP contribution in [-0.2, 0) is 14.3 Å². The molecule has 2 aromatic carbocycles. The Balaban J connectivity index is 1.17. The van der Waals surface area contributed by atoms with Gasteiger partial charge in [-0.2, -0.15) is 0 Å². The number of carboxylic acid groups (broad SMARTS) is 1. The number of fused-ring (bicyclic) bond motifs is 3. The molecule has 5 rings (SSSR count). The minimum atomic E-state index is -0.787. The zero-order chi connectivity index (χ0) is 24.4. The van der Waals surface area contributed by atoms with Crippen LogP contribution in [0.3, 0.4) is 0 Å². The van der Waals surface area contributed by atoms with Crippen LogP contribution in [0.15, 0.2) is 48.5 Å². The van der Waals surface area contributed by atoms with Gasteiger partial charge in [0.05, 0.1) is 11.8 Å². The molecule has 0 spiro atoms. The number of aliphatic carboxylic acids is 1. The zero-order valence-corrected chi connectivity index (χ0v) is 19.8. The van der Waals surface area contributed by atoms with Crippen molar-refractivity contribution in [3.8, 4) is 11.1 Å². The van der Waals surface area contributed by atoms with Crippen molar-refractivity contribution in [3.05, 3.63) is 59.7 Å². The van der Waals surface area contributed by atoms with Crippen molar-refractivity contribution in [1.82, 2.24) is 10.2 Å². The van der Waals surface area contributed by atoms with Crippen LogP contribution >= 0.6 is 0 Å². The molecule has 2 amide bonds. The predicted octanol–water partition coefficient (Wildman–Crippen LogP) is 4.26. The molecule has 2 N–H and O–H groups in total. The van der Waals surface area contributed by atoms with E-state index in [9.17, 15) is 19.5 Å². The number of likely N-dealkylation sites (tertiary alicyclic amines) is 1. The summed E-state index contributed by atoms with van der Waals surface area (Å²) in [4.78, 5) is 38.9. The molecule has 2 fully saturated rings. The number of ether oxygens (including phenoxy) is 1. The van der Waals surface area contributed by atoms with Crippen molar-refractivity contribution in [2.24, 2.45) is 17.8 Å². The maximum atomic E-state index is 13.2. The number of rotatable bonds is 7. The smallest absolute Gasteiger partial charge is 0.407 e. The van der Waals surface area contributed by atoms with Crippen LogP contribution in [0.5, 0.6) is 0 Å². The molecule has 0 radical (unpaired) electrons. The summed E-state index contributed by atoms with van der Waals surface area (Å²) in [6, 6.07) is 16.4. The van der Waals surface area contributed by atoms with Crippen molar-refractivity contribution in [1.29, 1.82) is 0 Å². The van der Waals surface area contributed by atoms with E-state index in [0.29, 0.717) is 25.9 Å². The topological polar surface area (TPSA) is 95.9 Å². The number of piperidine rings is 1. The average Bonchev–Trinajstić information content (AvgIpc) is 3.17. The fraction of sp³-hybridized carbons (Fsp3) is 0.464. The van der Waals surface area contributed by atoms with Gasteiger partial charge in [0.1, 0.15) is 6.61 Å². The zero-order valence-electron chi connectivity index (χ0n) is 19.8. The Morgan fingerprint density at radius 3 is 2.09 bits per heavy atom. The van der Waals surface area contributed by atoms with E-state index in [0.717, 1.165) is 30.4 Å². The van der Waals surface area contributed by atoms with Gasteiger partial charge in [-0.3, -0.25) is 9.59 Å². The summed E-state index contributed by atoms with van der Waals surface area (Å²) in [6.45, 7) is 1.41. The molecule has 1 heterocycles. The first-order valence-electron chi connectivity index (χ1n) is 12.6. The first-order chi connectivity index (χ1) is 17.0. The summed E-state index contributed by atoms with van der Waals surface area (Å²) < 4.78 is 5.65. The van der Waals surface area contributed by atoms with Crippen molar-refractivity contribution < 1.29 is 24.2 Å². The Morgan fingerprint density at radius 2 is 1.54 bits per heavy atom. The minimum Gasteiger partial charge on any atom is -0.481 e. The highest BCUT2D eigenvalue weighted by Gasteiger charge is 2.37. The number of carboxylic acids is 1. The van der Waals surface area contributed by atoms with E-state index in [1.54, 1.807) is 4.90 Å². The van der Waals surface area contributed by atoms with Crippen LogP contribution in [0.4, 0.5) is 4.79 Å². The lowest BCUT2D eigenvalue weighted by Crippen LogP contribution is -2.49. The number of benzene rings is 2. The molecule has 7 heteroatoms. The van der Waals surface area contributed by atoms with Gasteiger partial charge < -0.3 is 20.1 Å². The van der Waals surface area contributed by atoms with Crippen molar-refractivity contribution in [2.45, 2.75) is 38.0 Å². The molecule has 1 aliphatic heterocycles. The summed E-state index contributed by atoms with van der Waals surface area (Å²) in [5.41, 5.74) is 4.68. The second kappa shape index (κ2) is 10.1.